The molecule has 0 N–H and O–H groups in total. The Bertz CT molecular complexity index is 2240. The van der Waals surface area contributed by atoms with Gasteiger partial charge < -0.3 is 71.1 Å². The van der Waals surface area contributed by atoms with Crippen molar-refractivity contribution in [1.29, 1.82) is 0 Å². The van der Waals surface area contributed by atoms with E-state index in [0.29, 0.717) is 57.8 Å². The van der Waals surface area contributed by atoms with E-state index in [9.17, 15) is 9.59 Å². The van der Waals surface area contributed by atoms with E-state index in [1.807, 2.05) is 0 Å². The highest BCUT2D eigenvalue weighted by Crippen LogP contribution is 2.57. The van der Waals surface area contributed by atoms with Crippen LogP contribution < -0.4 is 0 Å². The number of hydrogen-bond acceptors (Lipinski definition) is 17. The van der Waals surface area contributed by atoms with Gasteiger partial charge in [0.25, 0.3) is 0 Å². The second-order valence-electron chi connectivity index (χ2n) is 25.7. The summed E-state index contributed by atoms with van der Waals surface area (Å²) in [4.78, 5) is 26.8. The lowest BCUT2D eigenvalue weighted by molar-refractivity contribution is -0.347. The highest BCUT2D eigenvalue weighted by atomic mass is 16.8. The van der Waals surface area contributed by atoms with Gasteiger partial charge in [-0.15, -0.1) is 0 Å². The van der Waals surface area contributed by atoms with Crippen molar-refractivity contribution < 1.29 is 80.6 Å². The standard InChI is InChI=1S/C56H76O17/c1-24-13-30-7-9-33-25(2)14-32(59-33)11-12-54-22-41-50(72-54)51-52(65-41)53(73-54)49-34(63-51)10-8-31(61-49)15-43(57)67-48-29(6)47-38(62-37(48)16-35(60-30)28(24)5)17-36-40(64-47)21-56(68-36)23-42-46(71-56)27(4)20-55(70-42)19-26(3)45-39(69-55)18-44(58)66-45/h24,26-27,29-42,45-53H,2,5,7-23H2,1,3-4,6H3. The molecule has 3 spiro atoms. The van der Waals surface area contributed by atoms with Crippen LogP contribution in [0.15, 0.2) is 24.3 Å². The molecule has 0 aromatic rings. The first-order valence-corrected chi connectivity index (χ1v) is 28.5. The zero-order chi connectivity index (χ0) is 49.4. The van der Waals surface area contributed by atoms with Crippen molar-refractivity contribution in [3.05, 3.63) is 24.3 Å². The van der Waals surface area contributed by atoms with Crippen molar-refractivity contribution >= 4 is 11.9 Å². The number of hydrogen-bond donors (Lipinski definition) is 0. The van der Waals surface area contributed by atoms with Crippen LogP contribution in [0.2, 0.25) is 0 Å². The van der Waals surface area contributed by atoms with Crippen molar-refractivity contribution in [3.63, 3.8) is 0 Å². The molecule has 12 bridgehead atoms. The van der Waals surface area contributed by atoms with Crippen LogP contribution in [0.25, 0.3) is 0 Å². The largest absolute Gasteiger partial charge is 0.459 e. The molecule has 0 saturated carbocycles. The SMILES string of the molecule is C=C1CC2CCC34CC5OC6C(OC7CCC(CC(=O)OC8C(CC9OC(CCC1O2)CC(C)C9=C)OC1CC2OC9(CC2OC1C8C)CC1OC2(CC(C)C8OC(=O)CC8O2)CC(C)C1O9)OC7C6O3)C5O4. The molecule has 29 atom stereocenters. The fraction of sp³-hybridized carbons (Fsp3) is 0.893. The molecule has 16 fully saturated rings. The van der Waals surface area contributed by atoms with Gasteiger partial charge in [0.1, 0.15) is 48.8 Å². The van der Waals surface area contributed by atoms with Crippen molar-refractivity contribution in [1.82, 2.24) is 0 Å². The molecule has 0 amide bonds. The van der Waals surface area contributed by atoms with Gasteiger partial charge in [-0.1, -0.05) is 40.9 Å². The first-order chi connectivity index (χ1) is 35.1. The number of carbonyl (C=O) groups is 2. The highest BCUT2D eigenvalue weighted by molar-refractivity contribution is 5.72. The molecule has 16 aliphatic heterocycles. The van der Waals surface area contributed by atoms with E-state index < -0.39 is 41.8 Å². The van der Waals surface area contributed by atoms with Crippen LogP contribution in [0.5, 0.6) is 0 Å². The molecule has 16 heterocycles. The van der Waals surface area contributed by atoms with Gasteiger partial charge in [-0.05, 0) is 67.9 Å². The van der Waals surface area contributed by atoms with Crippen molar-refractivity contribution in [3.8, 4) is 0 Å². The van der Waals surface area contributed by atoms with E-state index in [4.69, 9.17) is 71.1 Å². The van der Waals surface area contributed by atoms with Crippen molar-refractivity contribution in [2.45, 2.75) is 288 Å². The molecule has 17 nitrogen and oxygen atoms in total. The molecule has 0 aromatic carbocycles. The van der Waals surface area contributed by atoms with Gasteiger partial charge >= 0.3 is 11.9 Å². The molecular formula is C56H76O17. The molecule has 16 rings (SSSR count). The second-order valence-corrected chi connectivity index (χ2v) is 25.7. The minimum atomic E-state index is -0.889. The summed E-state index contributed by atoms with van der Waals surface area (Å²) >= 11 is 0. The molecule has 17 heteroatoms. The Hall–Kier alpha value is -2.10. The summed E-state index contributed by atoms with van der Waals surface area (Å²) in [6, 6.07) is 0. The Morgan fingerprint density at radius 2 is 1.05 bits per heavy atom. The van der Waals surface area contributed by atoms with Gasteiger partial charge in [0.2, 0.25) is 0 Å². The topological polar surface area (TPSA) is 173 Å². The zero-order valence-corrected chi connectivity index (χ0v) is 42.9. The van der Waals surface area contributed by atoms with Gasteiger partial charge in [-0.25, -0.2) is 0 Å². The van der Waals surface area contributed by atoms with E-state index in [1.165, 1.54) is 0 Å². The lowest BCUT2D eigenvalue weighted by Gasteiger charge is -2.50. The average Bonchev–Trinajstić information content (AvgIpc) is 4.18. The minimum absolute atomic E-state index is 0.00610. The van der Waals surface area contributed by atoms with Gasteiger partial charge in [0.15, 0.2) is 17.4 Å². The lowest BCUT2D eigenvalue weighted by atomic mass is 9.79. The van der Waals surface area contributed by atoms with Gasteiger partial charge in [-0.3, -0.25) is 9.59 Å². The number of carbonyl (C=O) groups excluding carboxylic acids is 2. The Morgan fingerprint density at radius 1 is 0.411 bits per heavy atom. The fourth-order valence-electron chi connectivity index (χ4n) is 17.2. The lowest BCUT2D eigenvalue weighted by Crippen LogP contribution is -2.62. The van der Waals surface area contributed by atoms with Crippen LogP contribution >= 0.6 is 0 Å². The first kappa shape index (κ1) is 48.1. The maximum Gasteiger partial charge on any atom is 0.308 e. The van der Waals surface area contributed by atoms with Gasteiger partial charge in [0.05, 0.1) is 98.3 Å². The molecule has 402 valence electrons. The van der Waals surface area contributed by atoms with Gasteiger partial charge in [-0.2, -0.15) is 0 Å². The van der Waals surface area contributed by atoms with Crippen LogP contribution in [0.4, 0.5) is 0 Å². The van der Waals surface area contributed by atoms with E-state index in [0.717, 1.165) is 49.7 Å². The Balaban J connectivity index is 0.679. The average molecular weight is 1020 g/mol. The minimum Gasteiger partial charge on any atom is -0.459 e. The Labute approximate surface area is 427 Å². The summed E-state index contributed by atoms with van der Waals surface area (Å²) in [6.07, 6.45) is 4.86. The molecule has 0 aromatic heterocycles. The summed E-state index contributed by atoms with van der Waals surface area (Å²) in [6.45, 7) is 17.8. The number of esters is 2. The predicted molar refractivity (Wildman–Crippen MR) is 251 cm³/mol. The van der Waals surface area contributed by atoms with Gasteiger partial charge in [0, 0.05) is 63.2 Å². The summed E-state index contributed by atoms with van der Waals surface area (Å²) < 4.78 is 102. The second kappa shape index (κ2) is 17.4. The third-order valence-corrected chi connectivity index (χ3v) is 20.6. The van der Waals surface area contributed by atoms with Crippen molar-refractivity contribution in [2.24, 2.45) is 23.7 Å². The zero-order valence-electron chi connectivity index (χ0n) is 42.9. The third kappa shape index (κ3) is 7.98. The molecule has 16 saturated heterocycles. The number of fused-ring (bicyclic) bond motifs is 10. The summed E-state index contributed by atoms with van der Waals surface area (Å²) in [5, 5.41) is 0. The maximum absolute atomic E-state index is 14.5. The Morgan fingerprint density at radius 3 is 1.93 bits per heavy atom. The van der Waals surface area contributed by atoms with Crippen LogP contribution in [0.3, 0.4) is 0 Å². The van der Waals surface area contributed by atoms with Crippen LogP contribution in [0.1, 0.15) is 137 Å². The smallest absolute Gasteiger partial charge is 0.308 e. The number of rotatable bonds is 0. The molecule has 0 aliphatic carbocycles. The summed E-state index contributed by atoms with van der Waals surface area (Å²) in [5.41, 5.74) is 2.17. The maximum atomic E-state index is 14.5. The molecule has 29 unspecified atom stereocenters. The van der Waals surface area contributed by atoms with E-state index >= 15 is 0 Å². The Kier molecular flexibility index (Phi) is 11.5. The quantitative estimate of drug-likeness (QED) is 0.205. The monoisotopic (exact) mass is 1020 g/mol. The van der Waals surface area contributed by atoms with Crippen molar-refractivity contribution in [2.75, 3.05) is 0 Å². The van der Waals surface area contributed by atoms with E-state index in [1.54, 1.807) is 0 Å². The molecular weight excluding hydrogens is 945 g/mol. The molecule has 0 radical (unpaired) electrons. The molecule has 73 heavy (non-hydrogen) atoms. The summed E-state index contributed by atoms with van der Waals surface area (Å²) in [5.74, 6) is -2.79. The van der Waals surface area contributed by atoms with Crippen LogP contribution in [-0.4, -0.2) is 164 Å². The molecule has 16 aliphatic rings. The third-order valence-electron chi connectivity index (χ3n) is 20.6. The first-order valence-electron chi connectivity index (χ1n) is 28.5. The predicted octanol–water partition coefficient (Wildman–Crippen LogP) is 5.98. The fourth-order valence-corrected chi connectivity index (χ4v) is 17.2. The van der Waals surface area contributed by atoms with E-state index in [2.05, 4.69) is 40.9 Å². The van der Waals surface area contributed by atoms with Crippen LogP contribution in [0, 0.1) is 23.7 Å². The summed E-state index contributed by atoms with van der Waals surface area (Å²) in [7, 11) is 0. The van der Waals surface area contributed by atoms with E-state index in [-0.39, 0.29) is 158 Å². The van der Waals surface area contributed by atoms with Crippen LogP contribution in [-0.2, 0) is 80.6 Å². The highest BCUT2D eigenvalue weighted by Gasteiger charge is 2.70. The normalized spacial score (nSPS) is 58.9. The number of ether oxygens (including phenoxy) is 15.